The molecule has 2 bridgehead atoms. The monoisotopic (exact) mass is 269 g/mol. The molecule has 2 fully saturated rings. The molecule has 0 radical (unpaired) electrons. The standard InChI is InChI=1S/C14H17ClFNO/c15-14-9(2-1-3-13(14)16)8-18-12-6-10-4-5-11(7-12)17-10/h1-3,10-12,17H,4-8H2. The summed E-state index contributed by atoms with van der Waals surface area (Å²) in [6, 6.07) is 6.08. The summed E-state index contributed by atoms with van der Waals surface area (Å²) >= 11 is 5.91. The van der Waals surface area contributed by atoms with Gasteiger partial charge in [-0.1, -0.05) is 23.7 Å². The minimum absolute atomic E-state index is 0.189. The van der Waals surface area contributed by atoms with Gasteiger partial charge in [-0.25, -0.2) is 4.39 Å². The molecule has 2 heterocycles. The van der Waals surface area contributed by atoms with Gasteiger partial charge in [-0.05, 0) is 37.3 Å². The molecule has 2 nitrogen and oxygen atoms in total. The smallest absolute Gasteiger partial charge is 0.142 e. The second kappa shape index (κ2) is 5.16. The molecule has 0 saturated carbocycles. The van der Waals surface area contributed by atoms with Crippen molar-refractivity contribution in [2.45, 2.75) is 50.5 Å². The number of fused-ring (bicyclic) bond motifs is 2. The molecule has 0 aliphatic carbocycles. The third-order valence-electron chi connectivity index (χ3n) is 3.94. The van der Waals surface area contributed by atoms with Crippen LogP contribution in [0, 0.1) is 5.82 Å². The molecule has 1 N–H and O–H groups in total. The van der Waals surface area contributed by atoms with Crippen LogP contribution in [0.3, 0.4) is 0 Å². The summed E-state index contributed by atoms with van der Waals surface area (Å²) in [4.78, 5) is 0. The number of piperidine rings is 1. The highest BCUT2D eigenvalue weighted by Gasteiger charge is 2.33. The Morgan fingerprint density at radius 3 is 2.72 bits per heavy atom. The predicted molar refractivity (Wildman–Crippen MR) is 69.2 cm³/mol. The Balaban J connectivity index is 1.59. The zero-order valence-electron chi connectivity index (χ0n) is 10.2. The highest BCUT2D eigenvalue weighted by atomic mass is 35.5. The predicted octanol–water partition coefficient (Wildman–Crippen LogP) is 3.28. The number of benzene rings is 1. The highest BCUT2D eigenvalue weighted by Crippen LogP contribution is 2.29. The van der Waals surface area contributed by atoms with Crippen molar-refractivity contribution in [3.05, 3.63) is 34.6 Å². The van der Waals surface area contributed by atoms with E-state index in [9.17, 15) is 4.39 Å². The Labute approximate surface area is 111 Å². The Kier molecular flexibility index (Phi) is 3.55. The second-order valence-corrected chi connectivity index (χ2v) is 5.63. The molecule has 3 rings (SSSR count). The Morgan fingerprint density at radius 2 is 2.00 bits per heavy atom. The second-order valence-electron chi connectivity index (χ2n) is 5.26. The molecule has 0 aromatic heterocycles. The minimum Gasteiger partial charge on any atom is -0.373 e. The Hall–Kier alpha value is -0.640. The van der Waals surface area contributed by atoms with Crippen LogP contribution < -0.4 is 5.32 Å². The van der Waals surface area contributed by atoms with E-state index in [2.05, 4.69) is 5.32 Å². The molecule has 1 aromatic carbocycles. The van der Waals surface area contributed by atoms with E-state index in [0.717, 1.165) is 18.4 Å². The first kappa shape index (κ1) is 12.4. The topological polar surface area (TPSA) is 21.3 Å². The zero-order chi connectivity index (χ0) is 12.5. The Bertz CT molecular complexity index is 428. The maximum Gasteiger partial charge on any atom is 0.142 e. The third kappa shape index (κ3) is 2.53. The molecule has 0 amide bonds. The molecular weight excluding hydrogens is 253 g/mol. The van der Waals surface area contributed by atoms with Crippen LogP contribution in [0.25, 0.3) is 0 Å². The van der Waals surface area contributed by atoms with Crippen molar-refractivity contribution >= 4 is 11.6 Å². The molecule has 2 aliphatic heterocycles. The van der Waals surface area contributed by atoms with Crippen LogP contribution in [0.15, 0.2) is 18.2 Å². The summed E-state index contributed by atoms with van der Waals surface area (Å²) in [6.07, 6.45) is 4.91. The summed E-state index contributed by atoms with van der Waals surface area (Å²) in [5, 5.41) is 3.76. The van der Waals surface area contributed by atoms with Gasteiger partial charge in [0.25, 0.3) is 0 Å². The molecule has 98 valence electrons. The lowest BCUT2D eigenvalue weighted by atomic mass is 10.0. The van der Waals surface area contributed by atoms with Crippen molar-refractivity contribution in [3.8, 4) is 0 Å². The first-order valence-electron chi connectivity index (χ1n) is 6.53. The van der Waals surface area contributed by atoms with Crippen molar-refractivity contribution in [1.82, 2.24) is 5.32 Å². The van der Waals surface area contributed by atoms with Crippen molar-refractivity contribution < 1.29 is 9.13 Å². The van der Waals surface area contributed by atoms with Gasteiger partial charge in [0, 0.05) is 12.1 Å². The van der Waals surface area contributed by atoms with Crippen molar-refractivity contribution in [3.63, 3.8) is 0 Å². The van der Waals surface area contributed by atoms with Gasteiger partial charge in [-0.2, -0.15) is 0 Å². The molecule has 2 unspecified atom stereocenters. The molecule has 1 aromatic rings. The lowest BCUT2D eigenvalue weighted by Crippen LogP contribution is -2.41. The van der Waals surface area contributed by atoms with E-state index in [1.54, 1.807) is 6.07 Å². The van der Waals surface area contributed by atoms with Crippen molar-refractivity contribution in [1.29, 1.82) is 0 Å². The lowest BCUT2D eigenvalue weighted by molar-refractivity contribution is 0.00911. The maximum absolute atomic E-state index is 13.3. The van der Waals surface area contributed by atoms with Crippen LogP contribution in [0.2, 0.25) is 5.02 Å². The molecule has 2 aliphatic rings. The van der Waals surface area contributed by atoms with Crippen LogP contribution in [-0.4, -0.2) is 18.2 Å². The molecule has 18 heavy (non-hydrogen) atoms. The first-order chi connectivity index (χ1) is 8.72. The molecule has 4 heteroatoms. The van der Waals surface area contributed by atoms with Crippen LogP contribution in [0.4, 0.5) is 4.39 Å². The number of halogens is 2. The average molecular weight is 270 g/mol. The van der Waals surface area contributed by atoms with Crippen molar-refractivity contribution in [2.75, 3.05) is 0 Å². The van der Waals surface area contributed by atoms with Crippen molar-refractivity contribution in [2.24, 2.45) is 0 Å². The third-order valence-corrected chi connectivity index (χ3v) is 4.36. The highest BCUT2D eigenvalue weighted by molar-refractivity contribution is 6.31. The van der Waals surface area contributed by atoms with Gasteiger partial charge < -0.3 is 10.1 Å². The van der Waals surface area contributed by atoms with E-state index in [1.807, 2.05) is 6.07 Å². The number of nitrogens with one attached hydrogen (secondary N) is 1. The van der Waals surface area contributed by atoms with E-state index in [0.29, 0.717) is 18.7 Å². The fourth-order valence-electron chi connectivity index (χ4n) is 3.01. The van der Waals surface area contributed by atoms with E-state index < -0.39 is 0 Å². The number of hydrogen-bond acceptors (Lipinski definition) is 2. The quantitative estimate of drug-likeness (QED) is 0.909. The molecule has 0 spiro atoms. The van der Waals surface area contributed by atoms with Gasteiger partial charge in [0.05, 0.1) is 17.7 Å². The normalized spacial score (nSPS) is 30.7. The first-order valence-corrected chi connectivity index (χ1v) is 6.90. The largest absolute Gasteiger partial charge is 0.373 e. The fraction of sp³-hybridized carbons (Fsp3) is 0.571. The van der Waals surface area contributed by atoms with Gasteiger partial charge in [0.2, 0.25) is 0 Å². The number of rotatable bonds is 3. The summed E-state index contributed by atoms with van der Waals surface area (Å²) in [5.74, 6) is -0.372. The molecule has 2 atom stereocenters. The fourth-order valence-corrected chi connectivity index (χ4v) is 3.19. The van der Waals surface area contributed by atoms with Crippen LogP contribution >= 0.6 is 11.6 Å². The Morgan fingerprint density at radius 1 is 1.28 bits per heavy atom. The van der Waals surface area contributed by atoms with E-state index in [1.165, 1.54) is 18.9 Å². The zero-order valence-corrected chi connectivity index (χ0v) is 10.9. The van der Waals surface area contributed by atoms with Crippen LogP contribution in [0.5, 0.6) is 0 Å². The van der Waals surface area contributed by atoms with E-state index in [-0.39, 0.29) is 16.9 Å². The number of hydrogen-bond donors (Lipinski definition) is 1. The lowest BCUT2D eigenvalue weighted by Gasteiger charge is -2.29. The van der Waals surface area contributed by atoms with Gasteiger partial charge in [-0.3, -0.25) is 0 Å². The van der Waals surface area contributed by atoms with Crippen LogP contribution in [-0.2, 0) is 11.3 Å². The summed E-state index contributed by atoms with van der Waals surface area (Å²) in [5.41, 5.74) is 0.738. The minimum atomic E-state index is -0.372. The molecule has 2 saturated heterocycles. The van der Waals surface area contributed by atoms with Gasteiger partial charge in [0.15, 0.2) is 0 Å². The summed E-state index contributed by atoms with van der Waals surface area (Å²) in [7, 11) is 0. The summed E-state index contributed by atoms with van der Waals surface area (Å²) < 4.78 is 19.2. The van der Waals surface area contributed by atoms with E-state index in [4.69, 9.17) is 16.3 Å². The average Bonchev–Trinajstić information content (AvgIpc) is 2.71. The molecular formula is C14H17ClFNO. The maximum atomic E-state index is 13.3. The number of ether oxygens (including phenoxy) is 1. The van der Waals surface area contributed by atoms with E-state index >= 15 is 0 Å². The van der Waals surface area contributed by atoms with Gasteiger partial charge >= 0.3 is 0 Å². The van der Waals surface area contributed by atoms with Gasteiger partial charge in [0.1, 0.15) is 5.82 Å². The SMILES string of the molecule is Fc1cccc(COC2CC3CCC(C2)N3)c1Cl. The van der Waals surface area contributed by atoms with Crippen LogP contribution in [0.1, 0.15) is 31.2 Å². The summed E-state index contributed by atoms with van der Waals surface area (Å²) in [6.45, 7) is 0.403. The van der Waals surface area contributed by atoms with Gasteiger partial charge in [-0.15, -0.1) is 0 Å².